The van der Waals surface area contributed by atoms with Gasteiger partial charge in [-0.25, -0.2) is 4.90 Å². The van der Waals surface area contributed by atoms with Gasteiger partial charge in [0.05, 0.1) is 30.4 Å². The first-order valence-corrected chi connectivity index (χ1v) is 8.97. The van der Waals surface area contributed by atoms with Crippen LogP contribution in [0.2, 0.25) is 0 Å². The Morgan fingerprint density at radius 2 is 1.90 bits per heavy atom. The lowest BCUT2D eigenvalue weighted by molar-refractivity contribution is -0.385. The quantitative estimate of drug-likeness (QED) is 0.420. The second-order valence-corrected chi connectivity index (χ2v) is 6.74. The van der Waals surface area contributed by atoms with Crippen LogP contribution in [0.25, 0.3) is 0 Å². The number of carbonyl (C=O) groups excluding carboxylic acids is 2. The van der Waals surface area contributed by atoms with Crippen molar-refractivity contribution in [1.82, 2.24) is 0 Å². The normalized spacial score (nSPS) is 20.0. The lowest BCUT2D eigenvalue weighted by Gasteiger charge is -2.18. The molecular formula is C20H17N3O7. The fraction of sp³-hybridized carbons (Fsp3) is 0.250. The first-order chi connectivity index (χ1) is 14.4. The van der Waals surface area contributed by atoms with Crippen molar-refractivity contribution >= 4 is 28.9 Å². The summed E-state index contributed by atoms with van der Waals surface area (Å²) in [7, 11) is 2.98. The zero-order chi connectivity index (χ0) is 21.6. The van der Waals surface area contributed by atoms with E-state index in [-0.39, 0.29) is 22.6 Å². The molecule has 0 N–H and O–H groups in total. The molecule has 2 atom stereocenters. The number of ether oxygens (including phenoxy) is 2. The van der Waals surface area contributed by atoms with Gasteiger partial charge in [0.1, 0.15) is 23.1 Å². The van der Waals surface area contributed by atoms with Crippen molar-refractivity contribution in [2.75, 3.05) is 19.1 Å². The van der Waals surface area contributed by atoms with Gasteiger partial charge in [-0.3, -0.25) is 19.7 Å². The van der Waals surface area contributed by atoms with Gasteiger partial charge < -0.3 is 14.3 Å². The monoisotopic (exact) mass is 411 g/mol. The van der Waals surface area contributed by atoms with E-state index < -0.39 is 28.8 Å². The number of nitro benzene ring substituents is 1. The van der Waals surface area contributed by atoms with Crippen LogP contribution in [-0.4, -0.2) is 42.8 Å². The average molecular weight is 411 g/mol. The average Bonchev–Trinajstić information content (AvgIpc) is 3.28. The zero-order valence-electron chi connectivity index (χ0n) is 16.3. The molecule has 154 valence electrons. The molecule has 0 spiro atoms. The van der Waals surface area contributed by atoms with E-state index in [0.717, 1.165) is 4.90 Å². The summed E-state index contributed by atoms with van der Waals surface area (Å²) >= 11 is 0. The summed E-state index contributed by atoms with van der Waals surface area (Å²) in [5, 5.41) is 15.2. The van der Waals surface area contributed by atoms with Gasteiger partial charge in [-0.2, -0.15) is 0 Å². The van der Waals surface area contributed by atoms with Crippen LogP contribution in [-0.2, 0) is 14.4 Å². The van der Waals surface area contributed by atoms with E-state index in [0.29, 0.717) is 17.1 Å². The van der Waals surface area contributed by atoms with Crippen LogP contribution >= 0.6 is 0 Å². The third kappa shape index (κ3) is 2.76. The molecule has 0 bridgehead atoms. The Labute approximate surface area is 170 Å². The number of hydrogen-bond donors (Lipinski definition) is 0. The van der Waals surface area contributed by atoms with Crippen LogP contribution in [0.15, 0.2) is 41.6 Å². The van der Waals surface area contributed by atoms with Gasteiger partial charge in [-0.1, -0.05) is 11.2 Å². The Balaban J connectivity index is 1.75. The zero-order valence-corrected chi connectivity index (χ0v) is 16.3. The Morgan fingerprint density at radius 3 is 2.57 bits per heavy atom. The molecule has 0 aliphatic carbocycles. The standard InChI is InChI=1S/C20H17N3O7/c1-10-13(5-4-6-14(10)23(26)27)22-19(24)16-17(21-30-18(16)20(22)25)12-8-7-11(28-2)9-15(12)29-3/h4-9,16,18H,1-3H3/t16-,18+/m1/s1. The molecular weight excluding hydrogens is 394 g/mol. The highest BCUT2D eigenvalue weighted by molar-refractivity contribution is 6.33. The molecule has 10 nitrogen and oxygen atoms in total. The maximum atomic E-state index is 13.2. The number of methoxy groups -OCH3 is 2. The van der Waals surface area contributed by atoms with Crippen LogP contribution in [0.3, 0.4) is 0 Å². The van der Waals surface area contributed by atoms with Crippen LogP contribution in [0.1, 0.15) is 11.1 Å². The number of oxime groups is 1. The van der Waals surface area contributed by atoms with Crippen molar-refractivity contribution in [3.05, 3.63) is 57.6 Å². The molecule has 1 saturated heterocycles. The largest absolute Gasteiger partial charge is 0.497 e. The second kappa shape index (κ2) is 7.14. The van der Waals surface area contributed by atoms with E-state index in [1.165, 1.54) is 39.3 Å². The third-order valence-electron chi connectivity index (χ3n) is 5.21. The smallest absolute Gasteiger partial charge is 0.278 e. The molecule has 2 aliphatic heterocycles. The van der Waals surface area contributed by atoms with Gasteiger partial charge in [-0.05, 0) is 25.1 Å². The van der Waals surface area contributed by atoms with Crippen molar-refractivity contribution < 1.29 is 28.8 Å². The highest BCUT2D eigenvalue weighted by atomic mass is 16.7. The number of amides is 2. The Bertz CT molecular complexity index is 1110. The summed E-state index contributed by atoms with van der Waals surface area (Å²) in [5.41, 5.74) is 0.924. The summed E-state index contributed by atoms with van der Waals surface area (Å²) in [6.07, 6.45) is -1.14. The summed E-state index contributed by atoms with van der Waals surface area (Å²) in [6, 6.07) is 9.21. The molecule has 10 heteroatoms. The maximum Gasteiger partial charge on any atom is 0.278 e. The summed E-state index contributed by atoms with van der Waals surface area (Å²) < 4.78 is 10.6. The number of benzene rings is 2. The van der Waals surface area contributed by atoms with E-state index >= 15 is 0 Å². The van der Waals surface area contributed by atoms with E-state index in [4.69, 9.17) is 14.3 Å². The number of rotatable bonds is 5. The second-order valence-electron chi connectivity index (χ2n) is 6.74. The van der Waals surface area contributed by atoms with Crippen molar-refractivity contribution in [3.63, 3.8) is 0 Å². The molecule has 30 heavy (non-hydrogen) atoms. The molecule has 4 rings (SSSR count). The Morgan fingerprint density at radius 1 is 1.13 bits per heavy atom. The van der Waals surface area contributed by atoms with Gasteiger partial charge >= 0.3 is 0 Å². The number of imide groups is 1. The Kier molecular flexibility index (Phi) is 4.61. The number of nitro groups is 1. The molecule has 2 aliphatic rings. The highest BCUT2D eigenvalue weighted by Gasteiger charge is 2.57. The van der Waals surface area contributed by atoms with Gasteiger partial charge in [0.15, 0.2) is 0 Å². The fourth-order valence-corrected chi connectivity index (χ4v) is 3.70. The third-order valence-corrected chi connectivity index (χ3v) is 5.21. The van der Waals surface area contributed by atoms with E-state index in [1.807, 2.05) is 0 Å². The highest BCUT2D eigenvalue weighted by Crippen LogP contribution is 2.40. The summed E-state index contributed by atoms with van der Waals surface area (Å²) in [5.74, 6) is -1.22. The topological polar surface area (TPSA) is 121 Å². The molecule has 2 aromatic carbocycles. The SMILES string of the molecule is COc1ccc(C2=NO[C@@H]3C(=O)N(c4cccc([N+](=O)[O-])c4C)C(=O)[C@H]23)c(OC)c1. The van der Waals surface area contributed by atoms with Gasteiger partial charge in [0, 0.05) is 17.7 Å². The van der Waals surface area contributed by atoms with E-state index in [1.54, 1.807) is 18.2 Å². The molecule has 2 amide bonds. The minimum absolute atomic E-state index is 0.151. The number of fused-ring (bicyclic) bond motifs is 1. The van der Waals surface area contributed by atoms with Gasteiger partial charge in [0.2, 0.25) is 12.0 Å². The minimum atomic E-state index is -1.14. The van der Waals surface area contributed by atoms with Crippen LogP contribution < -0.4 is 14.4 Å². The maximum absolute atomic E-state index is 13.2. The number of carbonyl (C=O) groups is 2. The van der Waals surface area contributed by atoms with Crippen molar-refractivity contribution in [1.29, 1.82) is 0 Å². The van der Waals surface area contributed by atoms with Crippen LogP contribution in [0, 0.1) is 23.0 Å². The number of hydrogen-bond acceptors (Lipinski definition) is 8. The first kappa shape index (κ1) is 19.4. The van der Waals surface area contributed by atoms with E-state index in [2.05, 4.69) is 5.16 Å². The van der Waals surface area contributed by atoms with Crippen molar-refractivity contribution in [3.8, 4) is 11.5 Å². The van der Waals surface area contributed by atoms with Crippen molar-refractivity contribution in [2.45, 2.75) is 13.0 Å². The molecule has 0 radical (unpaired) electrons. The van der Waals surface area contributed by atoms with Crippen LogP contribution in [0.4, 0.5) is 11.4 Å². The number of nitrogens with zero attached hydrogens (tertiary/aromatic N) is 3. The predicted octanol–water partition coefficient (Wildman–Crippen LogP) is 2.21. The Hall–Kier alpha value is -3.95. The van der Waals surface area contributed by atoms with Crippen molar-refractivity contribution in [2.24, 2.45) is 11.1 Å². The first-order valence-electron chi connectivity index (χ1n) is 8.97. The molecule has 0 unspecified atom stereocenters. The van der Waals surface area contributed by atoms with Gasteiger partial charge in [0.25, 0.3) is 11.6 Å². The molecule has 0 saturated carbocycles. The summed E-state index contributed by atoms with van der Waals surface area (Å²) in [4.78, 5) is 43.1. The lowest BCUT2D eigenvalue weighted by atomic mass is 9.93. The molecule has 1 fully saturated rings. The predicted molar refractivity (Wildman–Crippen MR) is 105 cm³/mol. The van der Waals surface area contributed by atoms with Crippen LogP contribution in [0.5, 0.6) is 11.5 Å². The molecule has 2 heterocycles. The van der Waals surface area contributed by atoms with E-state index in [9.17, 15) is 19.7 Å². The lowest BCUT2D eigenvalue weighted by Crippen LogP contribution is -2.33. The van der Waals surface area contributed by atoms with Gasteiger partial charge in [-0.15, -0.1) is 0 Å². The molecule has 2 aromatic rings. The fourth-order valence-electron chi connectivity index (χ4n) is 3.70. The number of anilines is 1. The summed E-state index contributed by atoms with van der Waals surface area (Å²) in [6.45, 7) is 1.49. The molecule has 0 aromatic heterocycles. The minimum Gasteiger partial charge on any atom is -0.497 e.